The van der Waals surface area contributed by atoms with Crippen LogP contribution < -0.4 is 4.74 Å². The molecule has 0 aliphatic heterocycles. The van der Waals surface area contributed by atoms with Gasteiger partial charge in [0.1, 0.15) is 17.4 Å². The van der Waals surface area contributed by atoms with Crippen molar-refractivity contribution in [3.05, 3.63) is 63.1 Å². The van der Waals surface area contributed by atoms with Crippen LogP contribution in [0.25, 0.3) is 0 Å². The minimum absolute atomic E-state index is 0.0436. The van der Waals surface area contributed by atoms with Gasteiger partial charge >= 0.3 is 0 Å². The zero-order chi connectivity index (χ0) is 15.0. The Bertz CT molecular complexity index is 696. The lowest BCUT2D eigenvalue weighted by atomic mass is 10.1. The Morgan fingerprint density at radius 3 is 2.62 bits per heavy atom. The summed E-state index contributed by atoms with van der Waals surface area (Å²) in [5.74, 6) is 0.551. The van der Waals surface area contributed by atoms with Gasteiger partial charge < -0.3 is 4.74 Å². The van der Waals surface area contributed by atoms with Crippen molar-refractivity contribution in [2.45, 2.75) is 20.0 Å². The number of ketones is 1. The molecule has 2 aromatic carbocycles. The average molecular weight is 321 g/mol. The van der Waals surface area contributed by atoms with E-state index in [1.54, 1.807) is 0 Å². The van der Waals surface area contributed by atoms with Crippen LogP contribution in [0.1, 0.15) is 28.4 Å². The summed E-state index contributed by atoms with van der Waals surface area (Å²) in [6.45, 7) is 2.32. The normalized spacial score (nSPS) is 16.9. The third-order valence-corrected chi connectivity index (χ3v) is 4.56. The van der Waals surface area contributed by atoms with Crippen molar-refractivity contribution in [1.82, 2.24) is 0 Å². The molecule has 1 atom stereocenters. The summed E-state index contributed by atoms with van der Waals surface area (Å²) in [6.07, 6.45) is 0.687. The van der Waals surface area contributed by atoms with Crippen molar-refractivity contribution < 1.29 is 9.53 Å². The van der Waals surface area contributed by atoms with Crippen LogP contribution >= 0.6 is 23.2 Å². The van der Waals surface area contributed by atoms with Crippen molar-refractivity contribution >= 4 is 29.0 Å². The number of carbonyl (C=O) groups is 1. The van der Waals surface area contributed by atoms with Gasteiger partial charge in [-0.2, -0.15) is 0 Å². The van der Waals surface area contributed by atoms with E-state index in [1.807, 2.05) is 43.3 Å². The highest BCUT2D eigenvalue weighted by Gasteiger charge is 2.31. The van der Waals surface area contributed by atoms with E-state index >= 15 is 0 Å². The third-order valence-electron chi connectivity index (χ3n) is 3.71. The molecule has 0 radical (unpaired) electrons. The molecule has 0 heterocycles. The highest BCUT2D eigenvalue weighted by atomic mass is 35.5. The SMILES string of the molecule is C[C@H]1Cc2cc(OCc3ccccc3)c(Cl)c(Cl)c2C1=O. The number of benzene rings is 2. The first-order valence-electron chi connectivity index (χ1n) is 6.79. The minimum atomic E-state index is -0.0436. The number of halogens is 2. The van der Waals surface area contributed by atoms with Crippen LogP contribution in [0.15, 0.2) is 36.4 Å². The Morgan fingerprint density at radius 2 is 1.90 bits per heavy atom. The lowest BCUT2D eigenvalue weighted by Crippen LogP contribution is -2.04. The Kier molecular flexibility index (Phi) is 3.92. The molecular weight excluding hydrogens is 307 g/mol. The lowest BCUT2D eigenvalue weighted by Gasteiger charge is -2.12. The molecule has 2 nitrogen and oxygen atoms in total. The third kappa shape index (κ3) is 2.66. The van der Waals surface area contributed by atoms with Crippen LogP contribution in [0.4, 0.5) is 0 Å². The summed E-state index contributed by atoms with van der Waals surface area (Å²) < 4.78 is 5.77. The molecule has 0 saturated heterocycles. The van der Waals surface area contributed by atoms with Crippen molar-refractivity contribution in [3.8, 4) is 5.75 Å². The number of ether oxygens (including phenoxy) is 1. The van der Waals surface area contributed by atoms with E-state index in [9.17, 15) is 4.79 Å². The van der Waals surface area contributed by atoms with Gasteiger partial charge in [0, 0.05) is 11.5 Å². The van der Waals surface area contributed by atoms with Gasteiger partial charge in [-0.3, -0.25) is 4.79 Å². The van der Waals surface area contributed by atoms with Crippen LogP contribution in [0.2, 0.25) is 10.0 Å². The zero-order valence-corrected chi connectivity index (χ0v) is 13.0. The first-order valence-corrected chi connectivity index (χ1v) is 7.55. The first kappa shape index (κ1) is 14.4. The maximum atomic E-state index is 12.1. The second kappa shape index (κ2) is 5.70. The summed E-state index contributed by atoms with van der Waals surface area (Å²) in [5, 5.41) is 0.625. The number of hydrogen-bond donors (Lipinski definition) is 0. The van der Waals surface area contributed by atoms with E-state index in [1.165, 1.54) is 0 Å². The molecular formula is C17H14Cl2O2. The standard InChI is InChI=1S/C17H14Cl2O2/c1-10-7-12-8-13(15(18)16(19)14(12)17(10)20)21-9-11-5-3-2-4-6-11/h2-6,8,10H,7,9H2,1H3/t10-/m0/s1. The van der Waals surface area contributed by atoms with E-state index < -0.39 is 0 Å². The smallest absolute Gasteiger partial charge is 0.167 e. The summed E-state index contributed by atoms with van der Waals surface area (Å²) in [5.41, 5.74) is 2.53. The average Bonchev–Trinajstić information content (AvgIpc) is 2.77. The van der Waals surface area contributed by atoms with E-state index in [0.717, 1.165) is 11.1 Å². The predicted molar refractivity (Wildman–Crippen MR) is 84.4 cm³/mol. The number of carbonyl (C=O) groups excluding carboxylic acids is 1. The molecule has 0 amide bonds. The minimum Gasteiger partial charge on any atom is -0.487 e. The molecule has 108 valence electrons. The molecule has 0 spiro atoms. The molecule has 21 heavy (non-hydrogen) atoms. The molecule has 0 saturated carbocycles. The largest absolute Gasteiger partial charge is 0.487 e. The molecule has 0 fully saturated rings. The second-order valence-electron chi connectivity index (χ2n) is 5.28. The molecule has 0 bridgehead atoms. The van der Waals surface area contributed by atoms with Gasteiger partial charge in [0.05, 0.1) is 5.02 Å². The summed E-state index contributed by atoms with van der Waals surface area (Å²) >= 11 is 12.5. The van der Waals surface area contributed by atoms with Crippen LogP contribution in [0.3, 0.4) is 0 Å². The van der Waals surface area contributed by atoms with Crippen molar-refractivity contribution in [3.63, 3.8) is 0 Å². The maximum Gasteiger partial charge on any atom is 0.167 e. The molecule has 0 N–H and O–H groups in total. The van der Waals surface area contributed by atoms with Gasteiger partial charge in [0.2, 0.25) is 0 Å². The van der Waals surface area contributed by atoms with Crippen LogP contribution in [-0.4, -0.2) is 5.78 Å². The monoisotopic (exact) mass is 320 g/mol. The topological polar surface area (TPSA) is 26.3 Å². The van der Waals surface area contributed by atoms with Crippen LogP contribution in [0, 0.1) is 5.92 Å². The van der Waals surface area contributed by atoms with E-state index in [-0.39, 0.29) is 11.7 Å². The number of hydrogen-bond acceptors (Lipinski definition) is 2. The molecule has 4 heteroatoms. The van der Waals surface area contributed by atoms with Gasteiger partial charge in [0.15, 0.2) is 5.78 Å². The number of Topliss-reactive ketones (excluding diaryl/α,β-unsaturated/α-hetero) is 1. The Hall–Kier alpha value is -1.51. The van der Waals surface area contributed by atoms with Gasteiger partial charge in [0.25, 0.3) is 0 Å². The number of fused-ring (bicyclic) bond motifs is 1. The van der Waals surface area contributed by atoms with Crippen molar-refractivity contribution in [2.75, 3.05) is 0 Å². The van der Waals surface area contributed by atoms with Crippen molar-refractivity contribution in [2.24, 2.45) is 5.92 Å². The highest BCUT2D eigenvalue weighted by molar-refractivity contribution is 6.45. The quantitative estimate of drug-likeness (QED) is 0.800. The fourth-order valence-electron chi connectivity index (χ4n) is 2.59. The molecule has 0 unspecified atom stereocenters. The molecule has 2 aromatic rings. The van der Waals surface area contributed by atoms with E-state index in [4.69, 9.17) is 27.9 Å². The molecule has 1 aliphatic carbocycles. The molecule has 0 aromatic heterocycles. The Morgan fingerprint density at radius 1 is 1.19 bits per heavy atom. The van der Waals surface area contributed by atoms with E-state index in [0.29, 0.717) is 34.4 Å². The Labute approximate surface area is 133 Å². The van der Waals surface area contributed by atoms with Gasteiger partial charge in [-0.25, -0.2) is 0 Å². The molecule has 3 rings (SSSR count). The van der Waals surface area contributed by atoms with Crippen LogP contribution in [0.5, 0.6) is 5.75 Å². The fraction of sp³-hybridized carbons (Fsp3) is 0.235. The van der Waals surface area contributed by atoms with Gasteiger partial charge in [-0.15, -0.1) is 0 Å². The number of rotatable bonds is 3. The van der Waals surface area contributed by atoms with Gasteiger partial charge in [-0.05, 0) is 23.6 Å². The highest BCUT2D eigenvalue weighted by Crippen LogP contribution is 2.42. The van der Waals surface area contributed by atoms with Crippen molar-refractivity contribution in [1.29, 1.82) is 0 Å². The second-order valence-corrected chi connectivity index (χ2v) is 6.04. The summed E-state index contributed by atoms with van der Waals surface area (Å²) in [7, 11) is 0. The maximum absolute atomic E-state index is 12.1. The Balaban J connectivity index is 1.89. The summed E-state index contributed by atoms with van der Waals surface area (Å²) in [4.78, 5) is 12.1. The first-order chi connectivity index (χ1) is 10.1. The lowest BCUT2D eigenvalue weighted by molar-refractivity contribution is 0.0946. The zero-order valence-electron chi connectivity index (χ0n) is 11.5. The summed E-state index contributed by atoms with van der Waals surface area (Å²) in [6, 6.07) is 11.7. The van der Waals surface area contributed by atoms with E-state index in [2.05, 4.69) is 0 Å². The van der Waals surface area contributed by atoms with Crippen LogP contribution in [-0.2, 0) is 13.0 Å². The predicted octanol–water partition coefficient (Wildman–Crippen LogP) is 4.95. The van der Waals surface area contributed by atoms with Gasteiger partial charge in [-0.1, -0.05) is 60.5 Å². The molecule has 1 aliphatic rings. The fourth-order valence-corrected chi connectivity index (χ4v) is 3.10.